The van der Waals surface area contributed by atoms with Crippen LogP contribution in [0.5, 0.6) is 0 Å². The van der Waals surface area contributed by atoms with Gasteiger partial charge in [-0.05, 0) is 56.3 Å². The van der Waals surface area contributed by atoms with Crippen molar-refractivity contribution < 1.29 is 4.74 Å². The zero-order valence-electron chi connectivity index (χ0n) is 13.7. The van der Waals surface area contributed by atoms with E-state index >= 15 is 0 Å². The lowest BCUT2D eigenvalue weighted by molar-refractivity contribution is 0.0334. The Bertz CT molecular complexity index is 267. The monoisotopic (exact) mass is 278 g/mol. The van der Waals surface area contributed by atoms with Crippen molar-refractivity contribution in [3.63, 3.8) is 0 Å². The van der Waals surface area contributed by atoms with E-state index in [1.807, 2.05) is 0 Å². The van der Waals surface area contributed by atoms with Crippen LogP contribution >= 0.6 is 0 Å². The van der Waals surface area contributed by atoms with E-state index in [2.05, 4.69) is 26.0 Å². The van der Waals surface area contributed by atoms with Crippen LogP contribution in [0.4, 0.5) is 0 Å². The predicted molar refractivity (Wildman–Crippen MR) is 86.9 cm³/mol. The first kappa shape index (κ1) is 16.1. The Balaban J connectivity index is 1.55. The first-order chi connectivity index (χ1) is 9.78. The van der Waals surface area contributed by atoms with Crippen LogP contribution in [0.2, 0.25) is 0 Å². The molecule has 0 saturated heterocycles. The Morgan fingerprint density at radius 3 is 2.30 bits per heavy atom. The van der Waals surface area contributed by atoms with Gasteiger partial charge < -0.3 is 4.74 Å². The molecule has 0 radical (unpaired) electrons. The van der Waals surface area contributed by atoms with E-state index in [0.717, 1.165) is 24.4 Å². The number of hydrogen-bond donors (Lipinski definition) is 0. The van der Waals surface area contributed by atoms with Gasteiger partial charge in [-0.2, -0.15) is 0 Å². The Morgan fingerprint density at radius 1 is 0.950 bits per heavy atom. The van der Waals surface area contributed by atoms with Crippen LogP contribution in [0.15, 0.2) is 12.2 Å². The summed E-state index contributed by atoms with van der Waals surface area (Å²) in [5, 5.41) is 0. The lowest BCUT2D eigenvalue weighted by atomic mass is 9.83. The van der Waals surface area contributed by atoms with Gasteiger partial charge in [0.15, 0.2) is 0 Å². The number of allylic oxidation sites excluding steroid dienone is 1. The SMILES string of the molecule is CCC[C@H]1CC[C@H](OC/C=C/[C@H]2CC[C@H](C)CC2)CC1. The summed E-state index contributed by atoms with van der Waals surface area (Å²) in [6.45, 7) is 5.53. The fourth-order valence-corrected chi connectivity index (χ4v) is 3.91. The lowest BCUT2D eigenvalue weighted by Crippen LogP contribution is -2.21. The van der Waals surface area contributed by atoms with Gasteiger partial charge in [-0.15, -0.1) is 0 Å². The van der Waals surface area contributed by atoms with Crippen molar-refractivity contribution >= 4 is 0 Å². The molecule has 0 aromatic heterocycles. The second kappa shape index (κ2) is 8.87. The van der Waals surface area contributed by atoms with Crippen molar-refractivity contribution in [2.24, 2.45) is 17.8 Å². The molecule has 1 nitrogen and oxygen atoms in total. The zero-order valence-corrected chi connectivity index (χ0v) is 13.7. The summed E-state index contributed by atoms with van der Waals surface area (Å²) in [6.07, 6.45) is 19.0. The Labute approximate surface area is 126 Å². The van der Waals surface area contributed by atoms with Gasteiger partial charge in [0.25, 0.3) is 0 Å². The summed E-state index contributed by atoms with van der Waals surface area (Å²) < 4.78 is 6.03. The Hall–Kier alpha value is -0.300. The van der Waals surface area contributed by atoms with E-state index in [9.17, 15) is 0 Å². The van der Waals surface area contributed by atoms with E-state index in [-0.39, 0.29) is 0 Å². The summed E-state index contributed by atoms with van der Waals surface area (Å²) in [5.74, 6) is 2.77. The van der Waals surface area contributed by atoms with Crippen LogP contribution in [0.1, 0.15) is 78.1 Å². The summed E-state index contributed by atoms with van der Waals surface area (Å²) in [4.78, 5) is 0. The van der Waals surface area contributed by atoms with Gasteiger partial charge in [-0.1, -0.05) is 51.7 Å². The average molecular weight is 278 g/mol. The highest BCUT2D eigenvalue weighted by Gasteiger charge is 2.20. The molecular weight excluding hydrogens is 244 g/mol. The zero-order chi connectivity index (χ0) is 14.2. The molecule has 2 rings (SSSR count). The van der Waals surface area contributed by atoms with Crippen molar-refractivity contribution in [2.75, 3.05) is 6.61 Å². The van der Waals surface area contributed by atoms with E-state index in [0.29, 0.717) is 6.10 Å². The largest absolute Gasteiger partial charge is 0.374 e. The predicted octanol–water partition coefficient (Wildman–Crippen LogP) is 5.74. The molecule has 1 heteroatoms. The van der Waals surface area contributed by atoms with Gasteiger partial charge in [-0.25, -0.2) is 0 Å². The molecule has 116 valence electrons. The molecule has 0 aliphatic heterocycles. The normalized spacial score (nSPS) is 35.5. The molecular formula is C19H34O. The van der Waals surface area contributed by atoms with Gasteiger partial charge in [-0.3, -0.25) is 0 Å². The minimum atomic E-state index is 0.541. The van der Waals surface area contributed by atoms with Crippen LogP contribution in [0, 0.1) is 17.8 Å². The van der Waals surface area contributed by atoms with Gasteiger partial charge in [0.2, 0.25) is 0 Å². The summed E-state index contributed by atoms with van der Waals surface area (Å²) in [5.41, 5.74) is 0. The van der Waals surface area contributed by atoms with Crippen molar-refractivity contribution in [2.45, 2.75) is 84.2 Å². The molecule has 2 saturated carbocycles. The standard InChI is InChI=1S/C19H34O/c1-3-5-17-11-13-19(14-12-17)20-15-4-6-18-9-7-16(2)8-10-18/h4,6,16-19H,3,5,7-15H2,1-2H3/b6-4+/t16-,17-,18-,19-. The van der Waals surface area contributed by atoms with E-state index in [4.69, 9.17) is 4.74 Å². The van der Waals surface area contributed by atoms with Crippen LogP contribution in [-0.4, -0.2) is 12.7 Å². The first-order valence-electron chi connectivity index (χ1n) is 9.06. The Morgan fingerprint density at radius 2 is 1.65 bits per heavy atom. The molecule has 0 N–H and O–H groups in total. The minimum absolute atomic E-state index is 0.541. The molecule has 0 aromatic carbocycles. The molecule has 0 atom stereocenters. The summed E-state index contributed by atoms with van der Waals surface area (Å²) in [7, 11) is 0. The maximum atomic E-state index is 6.03. The third-order valence-electron chi connectivity index (χ3n) is 5.39. The Kier molecular flexibility index (Phi) is 7.13. The first-order valence-corrected chi connectivity index (χ1v) is 9.06. The van der Waals surface area contributed by atoms with Crippen molar-refractivity contribution in [3.05, 3.63) is 12.2 Å². The molecule has 0 heterocycles. The molecule has 20 heavy (non-hydrogen) atoms. The molecule has 0 unspecified atom stereocenters. The highest BCUT2D eigenvalue weighted by molar-refractivity contribution is 4.91. The maximum Gasteiger partial charge on any atom is 0.0651 e. The maximum absolute atomic E-state index is 6.03. The van der Waals surface area contributed by atoms with Crippen LogP contribution in [-0.2, 0) is 4.74 Å². The van der Waals surface area contributed by atoms with Crippen LogP contribution in [0.25, 0.3) is 0 Å². The number of ether oxygens (including phenoxy) is 1. The van der Waals surface area contributed by atoms with Gasteiger partial charge >= 0.3 is 0 Å². The second-order valence-corrected chi connectivity index (χ2v) is 7.21. The second-order valence-electron chi connectivity index (χ2n) is 7.21. The molecule has 0 amide bonds. The van der Waals surface area contributed by atoms with Gasteiger partial charge in [0.05, 0.1) is 12.7 Å². The fourth-order valence-electron chi connectivity index (χ4n) is 3.91. The van der Waals surface area contributed by atoms with E-state index in [1.165, 1.54) is 64.2 Å². The van der Waals surface area contributed by atoms with Crippen molar-refractivity contribution in [1.82, 2.24) is 0 Å². The lowest BCUT2D eigenvalue weighted by Gasteiger charge is -2.28. The highest BCUT2D eigenvalue weighted by Crippen LogP contribution is 2.30. The van der Waals surface area contributed by atoms with Crippen molar-refractivity contribution in [1.29, 1.82) is 0 Å². The minimum Gasteiger partial charge on any atom is -0.374 e. The average Bonchev–Trinajstić information content (AvgIpc) is 2.47. The summed E-state index contributed by atoms with van der Waals surface area (Å²) >= 11 is 0. The quantitative estimate of drug-likeness (QED) is 0.562. The molecule has 0 spiro atoms. The topological polar surface area (TPSA) is 9.23 Å². The van der Waals surface area contributed by atoms with Crippen LogP contribution in [0.3, 0.4) is 0 Å². The van der Waals surface area contributed by atoms with E-state index < -0.39 is 0 Å². The van der Waals surface area contributed by atoms with Gasteiger partial charge in [0, 0.05) is 0 Å². The third kappa shape index (κ3) is 5.60. The van der Waals surface area contributed by atoms with E-state index in [1.54, 1.807) is 0 Å². The molecule has 0 bridgehead atoms. The number of rotatable bonds is 6. The molecule has 2 aliphatic rings. The number of hydrogen-bond acceptors (Lipinski definition) is 1. The van der Waals surface area contributed by atoms with Crippen LogP contribution < -0.4 is 0 Å². The third-order valence-corrected chi connectivity index (χ3v) is 5.39. The highest BCUT2D eigenvalue weighted by atomic mass is 16.5. The molecule has 2 fully saturated rings. The molecule has 0 aromatic rings. The smallest absolute Gasteiger partial charge is 0.0651 e. The van der Waals surface area contributed by atoms with Gasteiger partial charge in [0.1, 0.15) is 0 Å². The summed E-state index contributed by atoms with van der Waals surface area (Å²) in [6, 6.07) is 0. The fraction of sp³-hybridized carbons (Fsp3) is 0.895. The van der Waals surface area contributed by atoms with Crippen molar-refractivity contribution in [3.8, 4) is 0 Å². The molecule has 2 aliphatic carbocycles.